The van der Waals surface area contributed by atoms with E-state index < -0.39 is 17.5 Å². The number of rotatable bonds is 2. The average Bonchev–Trinajstić information content (AvgIpc) is 2.71. The predicted molar refractivity (Wildman–Crippen MR) is 56.3 cm³/mol. The van der Waals surface area contributed by atoms with Crippen molar-refractivity contribution in [2.75, 3.05) is 6.54 Å². The van der Waals surface area contributed by atoms with Crippen LogP contribution in [-0.2, 0) is 4.79 Å². The molecule has 1 aromatic rings. The average molecular weight is 241 g/mol. The molecule has 0 atom stereocenters. The molecule has 2 rings (SSSR count). The zero-order valence-corrected chi connectivity index (χ0v) is 8.92. The molecule has 1 aromatic carbocycles. The lowest BCUT2D eigenvalue weighted by molar-refractivity contribution is -0.125. The number of carbonyl (C=O) groups is 1. The Kier molecular flexibility index (Phi) is 3.17. The lowest BCUT2D eigenvalue weighted by Crippen LogP contribution is -2.17. The van der Waals surface area contributed by atoms with Gasteiger partial charge in [0.25, 0.3) is 0 Å². The van der Waals surface area contributed by atoms with Crippen LogP contribution in [-0.4, -0.2) is 17.4 Å². The summed E-state index contributed by atoms with van der Waals surface area (Å²) < 4.78 is 38.8. The van der Waals surface area contributed by atoms with Gasteiger partial charge in [-0.15, -0.1) is 0 Å². The molecule has 1 fully saturated rings. The molecular weight excluding hydrogens is 231 g/mol. The largest absolute Gasteiger partial charge is 0.319 e. The lowest BCUT2D eigenvalue weighted by Gasteiger charge is -2.08. The molecule has 17 heavy (non-hydrogen) atoms. The van der Waals surface area contributed by atoms with E-state index in [0.717, 1.165) is 18.6 Å². The molecule has 1 amide bonds. The zero-order valence-electron chi connectivity index (χ0n) is 8.92. The van der Waals surface area contributed by atoms with Gasteiger partial charge in [0.05, 0.1) is 0 Å². The maximum absolute atomic E-state index is 13.3. The number of hydrogen-bond acceptors (Lipinski definition) is 1. The standard InChI is InChI=1S/C12H10F3NO/c13-9-4-3-8(11(14)12(9)15)5-7-16-6-1-2-10(16)17/h3-5,7H,1-2,6H2/b7-5+. The van der Waals surface area contributed by atoms with Crippen LogP contribution in [0.25, 0.3) is 6.08 Å². The Balaban J connectivity index is 2.21. The minimum Gasteiger partial charge on any atom is -0.319 e. The van der Waals surface area contributed by atoms with Gasteiger partial charge in [-0.3, -0.25) is 4.79 Å². The molecule has 1 heterocycles. The van der Waals surface area contributed by atoms with Crippen LogP contribution < -0.4 is 0 Å². The molecule has 90 valence electrons. The third-order valence-corrected chi connectivity index (χ3v) is 2.61. The van der Waals surface area contributed by atoms with Crippen molar-refractivity contribution < 1.29 is 18.0 Å². The summed E-state index contributed by atoms with van der Waals surface area (Å²) in [6.45, 7) is 0.570. The fraction of sp³-hybridized carbons (Fsp3) is 0.250. The van der Waals surface area contributed by atoms with Crippen LogP contribution in [0.4, 0.5) is 13.2 Å². The molecule has 0 radical (unpaired) electrons. The van der Waals surface area contributed by atoms with Crippen molar-refractivity contribution in [3.05, 3.63) is 41.3 Å². The fourth-order valence-electron chi connectivity index (χ4n) is 1.67. The molecule has 0 spiro atoms. The Hall–Kier alpha value is -1.78. The summed E-state index contributed by atoms with van der Waals surface area (Å²) in [7, 11) is 0. The first-order chi connectivity index (χ1) is 8.09. The van der Waals surface area contributed by atoms with E-state index in [-0.39, 0.29) is 11.5 Å². The lowest BCUT2D eigenvalue weighted by atomic mass is 10.2. The third kappa shape index (κ3) is 2.33. The maximum atomic E-state index is 13.3. The van der Waals surface area contributed by atoms with Gasteiger partial charge in [-0.05, 0) is 24.6 Å². The van der Waals surface area contributed by atoms with Crippen molar-refractivity contribution in [1.82, 2.24) is 4.90 Å². The second-order valence-corrected chi connectivity index (χ2v) is 3.77. The van der Waals surface area contributed by atoms with E-state index in [2.05, 4.69) is 0 Å². The molecule has 0 aliphatic carbocycles. The first kappa shape index (κ1) is 11.7. The summed E-state index contributed by atoms with van der Waals surface area (Å²) >= 11 is 0. The fourth-order valence-corrected chi connectivity index (χ4v) is 1.67. The summed E-state index contributed by atoms with van der Waals surface area (Å²) in [4.78, 5) is 12.7. The van der Waals surface area contributed by atoms with E-state index in [4.69, 9.17) is 0 Å². The molecule has 0 bridgehead atoms. The van der Waals surface area contributed by atoms with E-state index in [0.29, 0.717) is 13.0 Å². The second kappa shape index (κ2) is 4.61. The van der Waals surface area contributed by atoms with Crippen LogP contribution in [0, 0.1) is 17.5 Å². The Morgan fingerprint density at radius 2 is 1.94 bits per heavy atom. The highest BCUT2D eigenvalue weighted by Gasteiger charge is 2.18. The summed E-state index contributed by atoms with van der Waals surface area (Å²) in [5, 5.41) is 0. The molecule has 0 aromatic heterocycles. The molecule has 0 saturated carbocycles. The normalized spacial score (nSPS) is 16.2. The zero-order chi connectivity index (χ0) is 12.4. The van der Waals surface area contributed by atoms with Crippen LogP contribution in [0.15, 0.2) is 18.3 Å². The van der Waals surface area contributed by atoms with E-state index in [1.807, 2.05) is 0 Å². The van der Waals surface area contributed by atoms with Gasteiger partial charge in [0.1, 0.15) is 0 Å². The summed E-state index contributed by atoms with van der Waals surface area (Å²) in [5.74, 6) is -4.02. The Bertz CT molecular complexity index is 485. The van der Waals surface area contributed by atoms with E-state index in [1.54, 1.807) is 0 Å². The van der Waals surface area contributed by atoms with Crippen molar-refractivity contribution in [3.63, 3.8) is 0 Å². The van der Waals surface area contributed by atoms with Crippen LogP contribution in [0.2, 0.25) is 0 Å². The smallest absolute Gasteiger partial charge is 0.226 e. The Morgan fingerprint density at radius 3 is 2.59 bits per heavy atom. The van der Waals surface area contributed by atoms with Crippen molar-refractivity contribution >= 4 is 12.0 Å². The summed E-state index contributed by atoms with van der Waals surface area (Å²) in [6, 6.07) is 1.98. The van der Waals surface area contributed by atoms with E-state index in [9.17, 15) is 18.0 Å². The first-order valence-corrected chi connectivity index (χ1v) is 5.21. The first-order valence-electron chi connectivity index (χ1n) is 5.21. The van der Waals surface area contributed by atoms with Crippen LogP contribution in [0.5, 0.6) is 0 Å². The van der Waals surface area contributed by atoms with Crippen molar-refractivity contribution in [3.8, 4) is 0 Å². The number of benzene rings is 1. The molecule has 2 nitrogen and oxygen atoms in total. The molecule has 5 heteroatoms. The molecule has 0 unspecified atom stereocenters. The van der Waals surface area contributed by atoms with Crippen molar-refractivity contribution in [2.45, 2.75) is 12.8 Å². The highest BCUT2D eigenvalue weighted by molar-refractivity contribution is 5.79. The molecule has 0 N–H and O–H groups in total. The Labute approximate surface area is 96.3 Å². The SMILES string of the molecule is O=C1CCCN1/C=C/c1ccc(F)c(F)c1F. The van der Waals surface area contributed by atoms with Gasteiger partial charge < -0.3 is 4.90 Å². The van der Waals surface area contributed by atoms with Crippen LogP contribution >= 0.6 is 0 Å². The predicted octanol–water partition coefficient (Wildman–Crippen LogP) is 2.70. The van der Waals surface area contributed by atoms with Gasteiger partial charge >= 0.3 is 0 Å². The van der Waals surface area contributed by atoms with Gasteiger partial charge in [0, 0.05) is 24.7 Å². The van der Waals surface area contributed by atoms with Gasteiger partial charge in [0.2, 0.25) is 5.91 Å². The summed E-state index contributed by atoms with van der Waals surface area (Å²) in [6.07, 6.45) is 3.88. The minimum absolute atomic E-state index is 0.0516. The van der Waals surface area contributed by atoms with Gasteiger partial charge in [-0.25, -0.2) is 13.2 Å². The quantitative estimate of drug-likeness (QED) is 0.729. The van der Waals surface area contributed by atoms with Gasteiger partial charge in [-0.2, -0.15) is 0 Å². The Morgan fingerprint density at radius 1 is 1.18 bits per heavy atom. The monoisotopic (exact) mass is 241 g/mol. The number of likely N-dealkylation sites (tertiary alicyclic amines) is 1. The van der Waals surface area contributed by atoms with Crippen LogP contribution in [0.1, 0.15) is 18.4 Å². The topological polar surface area (TPSA) is 20.3 Å². The minimum atomic E-state index is -1.50. The van der Waals surface area contributed by atoms with Gasteiger partial charge in [-0.1, -0.05) is 0 Å². The number of nitrogens with zero attached hydrogens (tertiary/aromatic N) is 1. The summed E-state index contributed by atoms with van der Waals surface area (Å²) in [5.41, 5.74) is -0.0800. The van der Waals surface area contributed by atoms with E-state index >= 15 is 0 Å². The van der Waals surface area contributed by atoms with Gasteiger partial charge in [0.15, 0.2) is 17.5 Å². The molecular formula is C12H10F3NO. The molecule has 1 aliphatic rings. The molecule has 1 aliphatic heterocycles. The molecule has 1 saturated heterocycles. The number of halogens is 3. The number of hydrogen-bond donors (Lipinski definition) is 0. The van der Waals surface area contributed by atoms with E-state index in [1.165, 1.54) is 17.2 Å². The maximum Gasteiger partial charge on any atom is 0.226 e. The highest BCUT2D eigenvalue weighted by Crippen LogP contribution is 2.17. The van der Waals surface area contributed by atoms with Crippen LogP contribution in [0.3, 0.4) is 0 Å². The highest BCUT2D eigenvalue weighted by atomic mass is 19.2. The number of amides is 1. The van der Waals surface area contributed by atoms with Crippen molar-refractivity contribution in [1.29, 1.82) is 0 Å². The third-order valence-electron chi connectivity index (χ3n) is 2.61. The second-order valence-electron chi connectivity index (χ2n) is 3.77. The number of carbonyl (C=O) groups excluding carboxylic acids is 1. The van der Waals surface area contributed by atoms with Crippen molar-refractivity contribution in [2.24, 2.45) is 0 Å².